The number of aromatic hydroxyl groups is 4. The number of carbonyl (C=O) groups excluding carboxylic acids is 1. The molecule has 0 heterocycles. The second-order valence-electron chi connectivity index (χ2n) is 4.69. The van der Waals surface area contributed by atoms with Crippen molar-refractivity contribution in [2.45, 2.75) is 13.0 Å². The van der Waals surface area contributed by atoms with Crippen LogP contribution in [0.3, 0.4) is 0 Å². The topological polar surface area (TPSA) is 122 Å². The van der Waals surface area contributed by atoms with E-state index in [0.29, 0.717) is 5.56 Å². The van der Waals surface area contributed by atoms with E-state index in [1.165, 1.54) is 24.3 Å². The summed E-state index contributed by atoms with van der Waals surface area (Å²) in [6.07, 6.45) is 0.125. The van der Waals surface area contributed by atoms with Crippen molar-refractivity contribution in [3.05, 3.63) is 47.5 Å². The van der Waals surface area contributed by atoms with Crippen molar-refractivity contribution < 1.29 is 25.2 Å². The van der Waals surface area contributed by atoms with Gasteiger partial charge >= 0.3 is 0 Å². The number of carbonyl (C=O) groups is 1. The molecule has 7 nitrogen and oxygen atoms in total. The van der Waals surface area contributed by atoms with E-state index in [9.17, 15) is 20.1 Å². The van der Waals surface area contributed by atoms with Crippen LogP contribution in [0, 0.1) is 0 Å². The minimum absolute atomic E-state index is 0.0704. The maximum absolute atomic E-state index is 11.7. The third-order valence-corrected chi connectivity index (χ3v) is 3.02. The van der Waals surface area contributed by atoms with Gasteiger partial charge in [0, 0.05) is 12.1 Å². The van der Waals surface area contributed by atoms with Crippen LogP contribution < -0.4 is 10.9 Å². The summed E-state index contributed by atoms with van der Waals surface area (Å²) < 4.78 is 0. The van der Waals surface area contributed by atoms with Crippen molar-refractivity contribution in [2.24, 2.45) is 0 Å². The number of nitrogens with one attached hydrogen (secondary N) is 2. The van der Waals surface area contributed by atoms with E-state index in [0.717, 1.165) is 5.56 Å². The minimum atomic E-state index is -0.602. The van der Waals surface area contributed by atoms with Crippen molar-refractivity contribution in [3.63, 3.8) is 0 Å². The molecule has 2 rings (SSSR count). The van der Waals surface area contributed by atoms with E-state index >= 15 is 0 Å². The lowest BCUT2D eigenvalue weighted by molar-refractivity contribution is -0.121. The summed E-state index contributed by atoms with van der Waals surface area (Å²) in [5.41, 5.74) is 6.13. The molecule has 0 atom stereocenters. The molecule has 1 amide bonds. The predicted octanol–water partition coefficient (Wildman–Crippen LogP) is 0.872. The molecular weight excluding hydrogens is 288 g/mol. The lowest BCUT2D eigenvalue weighted by Crippen LogP contribution is -2.37. The fourth-order valence-corrected chi connectivity index (χ4v) is 1.83. The normalized spacial score (nSPS) is 10.4. The van der Waals surface area contributed by atoms with Crippen molar-refractivity contribution in [2.75, 3.05) is 0 Å². The van der Waals surface area contributed by atoms with Gasteiger partial charge in [0.2, 0.25) is 11.7 Å². The Morgan fingerprint density at radius 3 is 2.27 bits per heavy atom. The zero-order valence-corrected chi connectivity index (χ0v) is 11.6. The van der Waals surface area contributed by atoms with Gasteiger partial charge in [0.25, 0.3) is 0 Å². The molecule has 22 heavy (non-hydrogen) atoms. The van der Waals surface area contributed by atoms with E-state index in [1.54, 1.807) is 12.1 Å². The number of rotatable bonds is 5. The molecular formula is C15H16N2O5. The highest BCUT2D eigenvalue weighted by Gasteiger charge is 2.11. The molecule has 0 unspecified atom stereocenters. The molecule has 6 N–H and O–H groups in total. The average molecular weight is 304 g/mol. The van der Waals surface area contributed by atoms with Crippen LogP contribution in [0.25, 0.3) is 0 Å². The van der Waals surface area contributed by atoms with Gasteiger partial charge in [0.1, 0.15) is 5.75 Å². The van der Waals surface area contributed by atoms with Gasteiger partial charge in [-0.05, 0) is 23.8 Å². The van der Waals surface area contributed by atoms with E-state index in [-0.39, 0.29) is 24.6 Å². The maximum atomic E-state index is 11.7. The molecule has 0 aliphatic carbocycles. The van der Waals surface area contributed by atoms with Gasteiger partial charge in [-0.15, -0.1) is 0 Å². The van der Waals surface area contributed by atoms with Crippen molar-refractivity contribution in [3.8, 4) is 23.0 Å². The molecule has 0 radical (unpaired) electrons. The van der Waals surface area contributed by atoms with Crippen molar-refractivity contribution >= 4 is 5.91 Å². The fourth-order valence-electron chi connectivity index (χ4n) is 1.83. The fraction of sp³-hybridized carbons (Fsp3) is 0.133. The van der Waals surface area contributed by atoms with Gasteiger partial charge < -0.3 is 20.4 Å². The first kappa shape index (κ1) is 15.5. The largest absolute Gasteiger partial charge is 0.508 e. The summed E-state index contributed by atoms with van der Waals surface area (Å²) in [6.45, 7) is 0.0704. The smallest absolute Gasteiger partial charge is 0.238 e. The Labute approximate surface area is 126 Å². The van der Waals surface area contributed by atoms with Crippen LogP contribution in [0.1, 0.15) is 11.1 Å². The van der Waals surface area contributed by atoms with Crippen LogP contribution in [-0.2, 0) is 17.8 Å². The van der Waals surface area contributed by atoms with Crippen LogP contribution >= 0.6 is 0 Å². The second kappa shape index (κ2) is 6.68. The predicted molar refractivity (Wildman–Crippen MR) is 78.2 cm³/mol. The molecule has 0 saturated heterocycles. The number of phenols is 4. The number of amides is 1. The Balaban J connectivity index is 1.84. The van der Waals surface area contributed by atoms with E-state index in [4.69, 9.17) is 5.11 Å². The molecule has 0 aliphatic heterocycles. The summed E-state index contributed by atoms with van der Waals surface area (Å²) in [6, 6.07) is 8.92. The van der Waals surface area contributed by atoms with Crippen LogP contribution in [0.2, 0.25) is 0 Å². The quantitative estimate of drug-likeness (QED) is 0.360. The molecule has 0 fully saturated rings. The zero-order chi connectivity index (χ0) is 16.1. The van der Waals surface area contributed by atoms with Crippen LogP contribution in [-0.4, -0.2) is 26.3 Å². The van der Waals surface area contributed by atoms with Gasteiger partial charge in [-0.1, -0.05) is 18.2 Å². The van der Waals surface area contributed by atoms with Gasteiger partial charge in [-0.3, -0.25) is 10.2 Å². The molecule has 0 bridgehead atoms. The lowest BCUT2D eigenvalue weighted by Gasteiger charge is -2.10. The number of hydrogen-bond donors (Lipinski definition) is 6. The Hall–Kier alpha value is -2.93. The third kappa shape index (κ3) is 3.80. The highest BCUT2D eigenvalue weighted by atomic mass is 16.3. The van der Waals surface area contributed by atoms with Gasteiger partial charge in [-0.2, -0.15) is 0 Å². The summed E-state index contributed by atoms with van der Waals surface area (Å²) in [5, 5.41) is 37.4. The van der Waals surface area contributed by atoms with E-state index < -0.39 is 17.2 Å². The van der Waals surface area contributed by atoms with Gasteiger partial charge in [0.05, 0.1) is 6.42 Å². The Kier molecular flexibility index (Phi) is 4.70. The molecule has 0 spiro atoms. The highest BCUT2D eigenvalue weighted by molar-refractivity contribution is 5.78. The van der Waals surface area contributed by atoms with Gasteiger partial charge in [0.15, 0.2) is 11.5 Å². The first-order chi connectivity index (χ1) is 10.5. The summed E-state index contributed by atoms with van der Waals surface area (Å²) in [5.74, 6) is -1.63. The first-order valence-corrected chi connectivity index (χ1v) is 6.49. The second-order valence-corrected chi connectivity index (χ2v) is 4.69. The van der Waals surface area contributed by atoms with Gasteiger partial charge in [-0.25, -0.2) is 5.43 Å². The maximum Gasteiger partial charge on any atom is 0.238 e. The number of hydrazine groups is 1. The van der Waals surface area contributed by atoms with Crippen LogP contribution in [0.15, 0.2) is 36.4 Å². The minimum Gasteiger partial charge on any atom is -0.508 e. The van der Waals surface area contributed by atoms with Crippen molar-refractivity contribution in [1.82, 2.24) is 10.9 Å². The van der Waals surface area contributed by atoms with E-state index in [1.807, 2.05) is 0 Å². The molecule has 116 valence electrons. The van der Waals surface area contributed by atoms with E-state index in [2.05, 4.69) is 10.9 Å². The van der Waals surface area contributed by atoms with Crippen molar-refractivity contribution in [1.29, 1.82) is 0 Å². The molecule has 2 aromatic rings. The molecule has 2 aromatic carbocycles. The third-order valence-electron chi connectivity index (χ3n) is 3.02. The Morgan fingerprint density at radius 2 is 1.59 bits per heavy atom. The Morgan fingerprint density at radius 1 is 0.909 bits per heavy atom. The molecule has 7 heteroatoms. The van der Waals surface area contributed by atoms with Crippen LogP contribution in [0.5, 0.6) is 23.0 Å². The summed E-state index contributed by atoms with van der Waals surface area (Å²) in [4.78, 5) is 11.7. The molecule has 0 aliphatic rings. The number of hydrogen-bond acceptors (Lipinski definition) is 6. The molecule has 0 aromatic heterocycles. The Bertz CT molecular complexity index is 670. The standard InChI is InChI=1S/C15H16N2O5/c18-11-4-1-9(2-5-11)7-13(20)17-16-8-10-3-6-12(19)15(22)14(10)21/h1-6,16,18-19,21-22H,7-8H2,(H,17,20). The SMILES string of the molecule is O=C(Cc1ccc(O)cc1)NNCc1ccc(O)c(O)c1O. The summed E-state index contributed by atoms with van der Waals surface area (Å²) in [7, 11) is 0. The first-order valence-electron chi connectivity index (χ1n) is 6.49. The average Bonchev–Trinajstić information content (AvgIpc) is 2.49. The number of benzene rings is 2. The summed E-state index contributed by atoms with van der Waals surface area (Å²) >= 11 is 0. The molecule has 0 saturated carbocycles. The lowest BCUT2D eigenvalue weighted by atomic mass is 10.1. The zero-order valence-electron chi connectivity index (χ0n) is 11.6. The highest BCUT2D eigenvalue weighted by Crippen LogP contribution is 2.36. The number of phenolic OH excluding ortho intramolecular Hbond substituents is 4. The monoisotopic (exact) mass is 304 g/mol. The van der Waals surface area contributed by atoms with Crippen LogP contribution in [0.4, 0.5) is 0 Å².